The van der Waals surface area contributed by atoms with Crippen LogP contribution in [0.15, 0.2) is 71.7 Å². The summed E-state index contributed by atoms with van der Waals surface area (Å²) in [7, 11) is 1.64. The number of methoxy groups -OCH3 is 1. The van der Waals surface area contributed by atoms with Crippen molar-refractivity contribution in [1.29, 1.82) is 0 Å². The molecule has 0 radical (unpaired) electrons. The first kappa shape index (κ1) is 17.7. The van der Waals surface area contributed by atoms with Crippen LogP contribution in [0, 0.1) is 11.6 Å². The molecule has 5 heteroatoms. The van der Waals surface area contributed by atoms with Crippen LogP contribution in [0.4, 0.5) is 8.78 Å². The molecule has 1 unspecified atom stereocenters. The molecule has 0 spiro atoms. The van der Waals surface area contributed by atoms with E-state index in [9.17, 15) is 8.78 Å². The van der Waals surface area contributed by atoms with Crippen molar-refractivity contribution >= 4 is 16.8 Å². The van der Waals surface area contributed by atoms with Gasteiger partial charge in [0.1, 0.15) is 22.4 Å². The minimum Gasteiger partial charge on any atom is -0.497 e. The number of nitrogens with zero attached hydrogens (tertiary/aromatic N) is 1. The maximum absolute atomic E-state index is 14.0. The Kier molecular flexibility index (Phi) is 4.94. The second kappa shape index (κ2) is 7.53. The van der Waals surface area contributed by atoms with Gasteiger partial charge in [0.25, 0.3) is 0 Å². The Labute approximate surface area is 160 Å². The Hall–Kier alpha value is -2.66. The lowest BCUT2D eigenvalue weighted by Gasteiger charge is -2.08. The Balaban J connectivity index is 1.57. The number of benzene rings is 3. The minimum absolute atomic E-state index is 0.0279. The standard InChI is InChI=1S/C22H17F2NOS/c1-26-17-11-9-15(10-12-17)14-5-7-16(8-6-14)20-13-27-22(25-20)21-18(23)3-2-4-19(21)24/h2-12,20H,13H2,1H3. The highest BCUT2D eigenvalue weighted by molar-refractivity contribution is 8.14. The van der Waals surface area contributed by atoms with Crippen molar-refractivity contribution in [2.24, 2.45) is 4.99 Å². The molecule has 2 nitrogen and oxygen atoms in total. The number of halogens is 2. The van der Waals surface area contributed by atoms with Crippen LogP contribution in [0.2, 0.25) is 0 Å². The van der Waals surface area contributed by atoms with Crippen molar-refractivity contribution in [2.45, 2.75) is 6.04 Å². The number of thioether (sulfide) groups is 1. The normalized spacial score (nSPS) is 16.3. The van der Waals surface area contributed by atoms with Crippen molar-refractivity contribution in [2.75, 3.05) is 12.9 Å². The third kappa shape index (κ3) is 3.60. The molecule has 0 aromatic heterocycles. The van der Waals surface area contributed by atoms with E-state index in [1.807, 2.05) is 48.5 Å². The maximum Gasteiger partial charge on any atom is 0.136 e. The second-order valence-corrected chi connectivity index (χ2v) is 7.22. The molecule has 0 N–H and O–H groups in total. The second-order valence-electron chi connectivity index (χ2n) is 6.21. The molecule has 0 saturated heterocycles. The van der Waals surface area contributed by atoms with E-state index in [1.54, 1.807) is 7.11 Å². The first-order valence-electron chi connectivity index (χ1n) is 8.55. The summed E-state index contributed by atoms with van der Waals surface area (Å²) < 4.78 is 33.2. The van der Waals surface area contributed by atoms with Gasteiger partial charge in [-0.15, -0.1) is 11.8 Å². The van der Waals surface area contributed by atoms with Crippen molar-refractivity contribution < 1.29 is 13.5 Å². The number of ether oxygens (including phenoxy) is 1. The largest absolute Gasteiger partial charge is 0.497 e. The van der Waals surface area contributed by atoms with Gasteiger partial charge in [-0.3, -0.25) is 4.99 Å². The summed E-state index contributed by atoms with van der Waals surface area (Å²) in [6, 6.07) is 19.8. The molecule has 3 aromatic carbocycles. The summed E-state index contributed by atoms with van der Waals surface area (Å²) in [6.07, 6.45) is 0. The number of hydrogen-bond donors (Lipinski definition) is 0. The van der Waals surface area contributed by atoms with E-state index in [2.05, 4.69) is 4.99 Å². The molecule has 136 valence electrons. The first-order valence-corrected chi connectivity index (χ1v) is 9.53. The molecule has 1 aliphatic heterocycles. The van der Waals surface area contributed by atoms with Gasteiger partial charge in [-0.25, -0.2) is 8.78 Å². The van der Waals surface area contributed by atoms with Crippen molar-refractivity contribution in [3.05, 3.63) is 89.5 Å². The zero-order valence-electron chi connectivity index (χ0n) is 14.7. The van der Waals surface area contributed by atoms with Crippen molar-refractivity contribution in [1.82, 2.24) is 0 Å². The summed E-state index contributed by atoms with van der Waals surface area (Å²) in [5.74, 6) is 0.347. The van der Waals surface area contributed by atoms with Crippen molar-refractivity contribution in [3.8, 4) is 16.9 Å². The van der Waals surface area contributed by atoms with Crippen LogP contribution in [-0.4, -0.2) is 17.9 Å². The van der Waals surface area contributed by atoms with Gasteiger partial charge in [-0.1, -0.05) is 42.5 Å². The van der Waals surface area contributed by atoms with E-state index >= 15 is 0 Å². The Morgan fingerprint density at radius 3 is 2.07 bits per heavy atom. The molecule has 0 bridgehead atoms. The number of rotatable bonds is 4. The molecule has 0 fully saturated rings. The van der Waals surface area contributed by atoms with Crippen molar-refractivity contribution in [3.63, 3.8) is 0 Å². The van der Waals surface area contributed by atoms with E-state index in [4.69, 9.17) is 4.74 Å². The molecule has 27 heavy (non-hydrogen) atoms. The fraction of sp³-hybridized carbons (Fsp3) is 0.136. The molecule has 1 heterocycles. The van der Waals surface area contributed by atoms with E-state index in [1.165, 1.54) is 30.0 Å². The molecule has 1 atom stereocenters. The van der Waals surface area contributed by atoms with E-state index < -0.39 is 11.6 Å². The van der Waals surface area contributed by atoms with Crippen LogP contribution < -0.4 is 4.74 Å². The van der Waals surface area contributed by atoms with E-state index in [0.29, 0.717) is 10.8 Å². The van der Waals surface area contributed by atoms with Crippen LogP contribution in [0.25, 0.3) is 11.1 Å². The smallest absolute Gasteiger partial charge is 0.136 e. The maximum atomic E-state index is 14.0. The van der Waals surface area contributed by atoms with Crippen LogP contribution in [0.3, 0.4) is 0 Å². The average Bonchev–Trinajstić information content (AvgIpc) is 3.18. The van der Waals surface area contributed by atoms with Gasteiger partial charge < -0.3 is 4.74 Å². The first-order chi connectivity index (χ1) is 13.2. The summed E-state index contributed by atoms with van der Waals surface area (Å²) in [6.45, 7) is 0. The van der Waals surface area contributed by atoms with Gasteiger partial charge in [0, 0.05) is 5.75 Å². The molecule has 0 amide bonds. The van der Waals surface area contributed by atoms with Crippen LogP contribution in [-0.2, 0) is 0 Å². The van der Waals surface area contributed by atoms with Gasteiger partial charge in [-0.2, -0.15) is 0 Å². The highest BCUT2D eigenvalue weighted by Gasteiger charge is 2.25. The molecule has 0 aliphatic carbocycles. The van der Waals surface area contributed by atoms with Crippen LogP contribution >= 0.6 is 11.8 Å². The molecule has 1 aliphatic rings. The molecule has 0 saturated carbocycles. The third-order valence-corrected chi connectivity index (χ3v) is 5.61. The monoisotopic (exact) mass is 381 g/mol. The SMILES string of the molecule is COc1ccc(-c2ccc(C3CSC(c4c(F)cccc4F)=N3)cc2)cc1. The lowest BCUT2D eigenvalue weighted by molar-refractivity contribution is 0.415. The Morgan fingerprint density at radius 1 is 0.889 bits per heavy atom. The average molecular weight is 381 g/mol. The van der Waals surface area contributed by atoms with Crippen LogP contribution in [0.1, 0.15) is 17.2 Å². The minimum atomic E-state index is -0.572. The fourth-order valence-electron chi connectivity index (χ4n) is 3.06. The lowest BCUT2D eigenvalue weighted by atomic mass is 10.0. The van der Waals surface area contributed by atoms with Gasteiger partial charge in [0.05, 0.1) is 18.7 Å². The summed E-state index contributed by atoms with van der Waals surface area (Å²) in [4.78, 5) is 4.56. The zero-order chi connectivity index (χ0) is 18.8. The Bertz CT molecular complexity index is 964. The quantitative estimate of drug-likeness (QED) is 0.563. The van der Waals surface area contributed by atoms with Gasteiger partial charge in [0.2, 0.25) is 0 Å². The lowest BCUT2D eigenvalue weighted by Crippen LogP contribution is -2.00. The molecule has 4 rings (SSSR count). The molecule has 3 aromatic rings. The predicted molar refractivity (Wildman–Crippen MR) is 107 cm³/mol. The van der Waals surface area contributed by atoms with E-state index in [0.717, 1.165) is 22.4 Å². The fourth-order valence-corrected chi connectivity index (χ4v) is 4.19. The topological polar surface area (TPSA) is 21.6 Å². The summed E-state index contributed by atoms with van der Waals surface area (Å²) in [5, 5.41) is 0.426. The van der Waals surface area contributed by atoms with Gasteiger partial charge in [-0.05, 0) is 41.0 Å². The molecular weight excluding hydrogens is 364 g/mol. The number of aliphatic imine (C=N–C) groups is 1. The van der Waals surface area contributed by atoms with Gasteiger partial charge in [0.15, 0.2) is 0 Å². The van der Waals surface area contributed by atoms with Crippen LogP contribution in [0.5, 0.6) is 5.75 Å². The predicted octanol–water partition coefficient (Wildman–Crippen LogP) is 5.88. The highest BCUT2D eigenvalue weighted by Crippen LogP contribution is 2.35. The zero-order valence-corrected chi connectivity index (χ0v) is 15.5. The van der Waals surface area contributed by atoms with Gasteiger partial charge >= 0.3 is 0 Å². The van der Waals surface area contributed by atoms with E-state index in [-0.39, 0.29) is 11.6 Å². The summed E-state index contributed by atoms with van der Waals surface area (Å²) >= 11 is 1.39. The Morgan fingerprint density at radius 2 is 1.48 bits per heavy atom. The number of hydrogen-bond acceptors (Lipinski definition) is 3. The highest BCUT2D eigenvalue weighted by atomic mass is 32.2. The molecular formula is C22H17F2NOS. The third-order valence-electron chi connectivity index (χ3n) is 4.55. The summed E-state index contributed by atoms with van der Waals surface area (Å²) in [5.41, 5.74) is 3.20.